The van der Waals surface area contributed by atoms with Gasteiger partial charge in [-0.15, -0.1) is 0 Å². The second-order valence-electron chi connectivity index (χ2n) is 3.78. The molecule has 1 aromatic carbocycles. The highest BCUT2D eigenvalue weighted by Crippen LogP contribution is 2.20. The molecule has 0 atom stereocenters. The summed E-state index contributed by atoms with van der Waals surface area (Å²) in [5, 5.41) is 2.61. The van der Waals surface area contributed by atoms with Crippen LogP contribution in [-0.2, 0) is 13.6 Å². The van der Waals surface area contributed by atoms with Crippen LogP contribution in [0.2, 0.25) is 0 Å². The van der Waals surface area contributed by atoms with Crippen molar-refractivity contribution in [2.75, 3.05) is 5.32 Å². The number of nitrogens with zero attached hydrogens (tertiary/aromatic N) is 1. The predicted molar refractivity (Wildman–Crippen MR) is 59.1 cm³/mol. The zero-order valence-electron chi connectivity index (χ0n) is 9.17. The fraction of sp³-hybridized carbons (Fsp3) is 0.167. The molecule has 0 spiro atoms. The number of halogens is 3. The fourth-order valence-electron chi connectivity index (χ4n) is 1.57. The van der Waals surface area contributed by atoms with E-state index in [0.717, 1.165) is 5.56 Å². The minimum absolute atomic E-state index is 0.278. The molecule has 0 fully saturated rings. The van der Waals surface area contributed by atoms with Crippen molar-refractivity contribution >= 4 is 5.69 Å². The Morgan fingerprint density at radius 1 is 1.18 bits per heavy atom. The second kappa shape index (κ2) is 4.53. The monoisotopic (exact) mass is 240 g/mol. The van der Waals surface area contributed by atoms with Gasteiger partial charge in [0.05, 0.1) is 0 Å². The maximum atomic E-state index is 13.3. The lowest BCUT2D eigenvalue weighted by atomic mass is 10.2. The zero-order chi connectivity index (χ0) is 12.4. The molecule has 0 unspecified atom stereocenters. The molecule has 5 heteroatoms. The van der Waals surface area contributed by atoms with E-state index >= 15 is 0 Å². The third-order valence-electron chi connectivity index (χ3n) is 2.37. The minimum atomic E-state index is -0.932. The molecule has 0 radical (unpaired) electrons. The molecule has 0 aliphatic rings. The lowest BCUT2D eigenvalue weighted by Gasteiger charge is -2.07. The van der Waals surface area contributed by atoms with Crippen molar-refractivity contribution in [1.82, 2.24) is 4.57 Å². The molecule has 2 nitrogen and oxygen atoms in total. The SMILES string of the molecule is Cn1ccc(CNc2c(F)cc(F)cc2F)c1. The van der Waals surface area contributed by atoms with Crippen LogP contribution in [0.4, 0.5) is 18.9 Å². The second-order valence-corrected chi connectivity index (χ2v) is 3.78. The number of aryl methyl sites for hydroxylation is 1. The summed E-state index contributed by atoms with van der Waals surface area (Å²) in [5.74, 6) is -2.79. The van der Waals surface area contributed by atoms with Gasteiger partial charge in [0.2, 0.25) is 0 Å². The van der Waals surface area contributed by atoms with E-state index in [2.05, 4.69) is 5.32 Å². The molecule has 0 saturated heterocycles. The quantitative estimate of drug-likeness (QED) is 0.872. The first-order chi connectivity index (χ1) is 8.06. The first-order valence-corrected chi connectivity index (χ1v) is 5.05. The molecule has 0 aliphatic carbocycles. The van der Waals surface area contributed by atoms with Crippen LogP contribution in [0.1, 0.15) is 5.56 Å². The Balaban J connectivity index is 2.14. The van der Waals surface area contributed by atoms with Crippen LogP contribution in [0.3, 0.4) is 0 Å². The highest BCUT2D eigenvalue weighted by Gasteiger charge is 2.10. The molecule has 90 valence electrons. The zero-order valence-corrected chi connectivity index (χ0v) is 9.17. The molecule has 0 saturated carbocycles. The topological polar surface area (TPSA) is 17.0 Å². The predicted octanol–water partition coefficient (Wildman–Crippen LogP) is 3.05. The third kappa shape index (κ3) is 2.61. The average Bonchev–Trinajstić information content (AvgIpc) is 2.62. The Bertz CT molecular complexity index is 511. The van der Waals surface area contributed by atoms with Gasteiger partial charge in [0.15, 0.2) is 11.6 Å². The van der Waals surface area contributed by atoms with Gasteiger partial charge in [-0.2, -0.15) is 0 Å². The van der Waals surface area contributed by atoms with Crippen molar-refractivity contribution in [1.29, 1.82) is 0 Å². The highest BCUT2D eigenvalue weighted by molar-refractivity contribution is 5.46. The van der Waals surface area contributed by atoms with Crippen LogP contribution in [0.5, 0.6) is 0 Å². The highest BCUT2D eigenvalue weighted by atomic mass is 19.1. The first kappa shape index (κ1) is 11.6. The van der Waals surface area contributed by atoms with E-state index in [9.17, 15) is 13.2 Å². The molecule has 2 rings (SSSR count). The summed E-state index contributed by atoms with van der Waals surface area (Å²) in [6, 6.07) is 3.12. The van der Waals surface area contributed by atoms with Crippen LogP contribution in [-0.4, -0.2) is 4.57 Å². The van der Waals surface area contributed by atoms with Crippen molar-refractivity contribution in [3.05, 3.63) is 53.6 Å². The molecule has 1 heterocycles. The van der Waals surface area contributed by atoms with Crippen molar-refractivity contribution in [2.24, 2.45) is 7.05 Å². The van der Waals surface area contributed by atoms with Gasteiger partial charge in [-0.25, -0.2) is 13.2 Å². The van der Waals surface area contributed by atoms with E-state index in [4.69, 9.17) is 0 Å². The summed E-state index contributed by atoms with van der Waals surface area (Å²) in [5.41, 5.74) is 0.575. The summed E-state index contributed by atoms with van der Waals surface area (Å²) in [6.45, 7) is 0.278. The molecule has 17 heavy (non-hydrogen) atoms. The maximum absolute atomic E-state index is 13.3. The average molecular weight is 240 g/mol. The molecular formula is C12H11F3N2. The Hall–Kier alpha value is -1.91. The van der Waals surface area contributed by atoms with Crippen LogP contribution < -0.4 is 5.32 Å². The minimum Gasteiger partial charge on any atom is -0.376 e. The number of nitrogens with one attached hydrogen (secondary N) is 1. The number of anilines is 1. The van der Waals surface area contributed by atoms with Crippen molar-refractivity contribution < 1.29 is 13.2 Å². The van der Waals surface area contributed by atoms with Gasteiger partial charge in [-0.3, -0.25) is 0 Å². The number of hydrogen-bond acceptors (Lipinski definition) is 1. The Morgan fingerprint density at radius 3 is 2.35 bits per heavy atom. The van der Waals surface area contributed by atoms with Gasteiger partial charge >= 0.3 is 0 Å². The van der Waals surface area contributed by atoms with Crippen molar-refractivity contribution in [3.63, 3.8) is 0 Å². The van der Waals surface area contributed by atoms with Crippen LogP contribution >= 0.6 is 0 Å². The van der Waals surface area contributed by atoms with E-state index in [-0.39, 0.29) is 12.2 Å². The van der Waals surface area contributed by atoms with Crippen LogP contribution in [0.15, 0.2) is 30.6 Å². The number of aromatic nitrogens is 1. The van der Waals surface area contributed by atoms with Gasteiger partial charge in [0, 0.05) is 38.1 Å². The van der Waals surface area contributed by atoms with E-state index in [1.807, 2.05) is 30.1 Å². The number of rotatable bonds is 3. The third-order valence-corrected chi connectivity index (χ3v) is 2.37. The fourth-order valence-corrected chi connectivity index (χ4v) is 1.57. The number of benzene rings is 1. The Labute approximate surface area is 96.7 Å². The lowest BCUT2D eigenvalue weighted by Crippen LogP contribution is -2.04. The molecular weight excluding hydrogens is 229 g/mol. The smallest absolute Gasteiger partial charge is 0.152 e. The molecule has 0 amide bonds. The van der Waals surface area contributed by atoms with Gasteiger partial charge in [0.1, 0.15) is 11.5 Å². The van der Waals surface area contributed by atoms with Crippen LogP contribution in [0.25, 0.3) is 0 Å². The molecule has 2 aromatic rings. The van der Waals surface area contributed by atoms with E-state index in [1.54, 1.807) is 0 Å². The molecule has 0 bridgehead atoms. The van der Waals surface area contributed by atoms with Gasteiger partial charge in [0.25, 0.3) is 0 Å². The van der Waals surface area contributed by atoms with E-state index < -0.39 is 17.5 Å². The van der Waals surface area contributed by atoms with Crippen molar-refractivity contribution in [2.45, 2.75) is 6.54 Å². The summed E-state index contributed by atoms with van der Waals surface area (Å²) < 4.78 is 41.0. The molecule has 0 aliphatic heterocycles. The van der Waals surface area contributed by atoms with E-state index in [1.165, 1.54) is 0 Å². The summed E-state index contributed by atoms with van der Waals surface area (Å²) >= 11 is 0. The van der Waals surface area contributed by atoms with Gasteiger partial charge < -0.3 is 9.88 Å². The normalized spacial score (nSPS) is 10.6. The standard InChI is InChI=1S/C12H11F3N2/c1-17-3-2-8(7-17)6-16-12-10(14)4-9(13)5-11(12)15/h2-5,7,16H,6H2,1H3. The first-order valence-electron chi connectivity index (χ1n) is 5.05. The Kier molecular flexibility index (Phi) is 3.08. The van der Waals surface area contributed by atoms with Crippen molar-refractivity contribution in [3.8, 4) is 0 Å². The summed E-state index contributed by atoms with van der Waals surface area (Å²) in [6.07, 6.45) is 3.65. The lowest BCUT2D eigenvalue weighted by molar-refractivity contribution is 0.547. The summed E-state index contributed by atoms with van der Waals surface area (Å²) in [4.78, 5) is 0. The maximum Gasteiger partial charge on any atom is 0.152 e. The molecule has 1 N–H and O–H groups in total. The van der Waals surface area contributed by atoms with E-state index in [0.29, 0.717) is 12.1 Å². The molecule has 1 aromatic heterocycles. The number of hydrogen-bond donors (Lipinski definition) is 1. The van der Waals surface area contributed by atoms with Gasteiger partial charge in [-0.05, 0) is 11.6 Å². The Morgan fingerprint density at radius 2 is 1.82 bits per heavy atom. The summed E-state index contributed by atoms with van der Waals surface area (Å²) in [7, 11) is 1.85. The van der Waals surface area contributed by atoms with Gasteiger partial charge in [-0.1, -0.05) is 0 Å². The van der Waals surface area contributed by atoms with Crippen LogP contribution in [0, 0.1) is 17.5 Å². The largest absolute Gasteiger partial charge is 0.376 e.